The molecule has 0 bridgehead atoms. The Kier molecular flexibility index (Phi) is 6.36. The number of nitrogens with two attached hydrogens (primary N) is 1. The normalized spacial score (nSPS) is 22.2. The summed E-state index contributed by atoms with van der Waals surface area (Å²) in [5.41, 5.74) is 7.41. The van der Waals surface area contributed by atoms with E-state index in [2.05, 4.69) is 15.3 Å². The SMILES string of the molecule is CC(CC(=O)N[C@H](c1ccn2cc(C(N)C3CCC(F)(F)CC3)nc2n1)C1CC1)C(F)(F)F. The molecule has 0 aliphatic heterocycles. The number of amides is 1. The van der Waals surface area contributed by atoms with Crippen LogP contribution in [0, 0.1) is 17.8 Å². The first-order chi connectivity index (χ1) is 15.4. The minimum atomic E-state index is -4.43. The van der Waals surface area contributed by atoms with Crippen molar-refractivity contribution in [1.82, 2.24) is 19.7 Å². The lowest BCUT2D eigenvalue weighted by molar-refractivity contribution is -0.174. The van der Waals surface area contributed by atoms with E-state index in [1.165, 1.54) is 0 Å². The van der Waals surface area contributed by atoms with Crippen molar-refractivity contribution in [1.29, 1.82) is 0 Å². The molecule has 33 heavy (non-hydrogen) atoms. The summed E-state index contributed by atoms with van der Waals surface area (Å²) in [6.45, 7) is 0.985. The van der Waals surface area contributed by atoms with Crippen molar-refractivity contribution in [3.8, 4) is 0 Å². The van der Waals surface area contributed by atoms with Gasteiger partial charge in [-0.2, -0.15) is 13.2 Å². The average Bonchev–Trinajstić information content (AvgIpc) is 3.48. The van der Waals surface area contributed by atoms with Crippen molar-refractivity contribution >= 4 is 11.7 Å². The van der Waals surface area contributed by atoms with Crippen LogP contribution in [0.15, 0.2) is 18.5 Å². The van der Waals surface area contributed by atoms with Gasteiger partial charge in [0.05, 0.1) is 29.4 Å². The van der Waals surface area contributed by atoms with E-state index < -0.39 is 42.4 Å². The number of hydrogen-bond donors (Lipinski definition) is 2. The van der Waals surface area contributed by atoms with Crippen LogP contribution in [-0.4, -0.2) is 32.4 Å². The third-order valence-corrected chi connectivity index (χ3v) is 6.76. The van der Waals surface area contributed by atoms with Gasteiger partial charge in [-0.1, -0.05) is 6.92 Å². The molecule has 6 nitrogen and oxygen atoms in total. The lowest BCUT2D eigenvalue weighted by atomic mass is 9.81. The van der Waals surface area contributed by atoms with E-state index in [0.717, 1.165) is 19.8 Å². The molecule has 182 valence electrons. The standard InChI is InChI=1S/C22H28F5N5O/c1-12(22(25,26)27)10-17(33)31-19(14-2-3-14)15-6-9-32-11-16(30-20(32)29-15)18(28)13-4-7-21(23,24)8-5-13/h6,9,11-14,18-19H,2-5,7-8,10,28H2,1H3,(H,31,33)/t12?,18?,19-/m0/s1. The van der Waals surface area contributed by atoms with Crippen LogP contribution >= 0.6 is 0 Å². The van der Waals surface area contributed by atoms with Crippen LogP contribution in [0.2, 0.25) is 0 Å². The van der Waals surface area contributed by atoms with Crippen LogP contribution in [0.1, 0.15) is 75.3 Å². The first kappa shape index (κ1) is 23.8. The maximum Gasteiger partial charge on any atom is 0.392 e. The van der Waals surface area contributed by atoms with Crippen LogP contribution in [0.4, 0.5) is 22.0 Å². The van der Waals surface area contributed by atoms with E-state index in [-0.39, 0.29) is 24.7 Å². The van der Waals surface area contributed by atoms with E-state index in [1.807, 2.05) is 0 Å². The van der Waals surface area contributed by atoms with Gasteiger partial charge in [-0.25, -0.2) is 18.7 Å². The molecule has 2 aliphatic rings. The molecule has 2 aromatic rings. The number of rotatable bonds is 7. The van der Waals surface area contributed by atoms with E-state index in [4.69, 9.17) is 5.73 Å². The highest BCUT2D eigenvalue weighted by molar-refractivity contribution is 5.76. The molecule has 2 fully saturated rings. The van der Waals surface area contributed by atoms with Crippen molar-refractivity contribution in [2.24, 2.45) is 23.5 Å². The summed E-state index contributed by atoms with van der Waals surface area (Å²) in [5, 5.41) is 2.72. The zero-order chi connectivity index (χ0) is 24.0. The molecule has 0 spiro atoms. The Morgan fingerprint density at radius 2 is 1.82 bits per heavy atom. The molecule has 2 aliphatic carbocycles. The highest BCUT2D eigenvalue weighted by atomic mass is 19.4. The molecule has 0 saturated heterocycles. The summed E-state index contributed by atoms with van der Waals surface area (Å²) in [6.07, 6.45) is 0.357. The quantitative estimate of drug-likeness (QED) is 0.571. The van der Waals surface area contributed by atoms with Gasteiger partial charge < -0.3 is 11.1 Å². The van der Waals surface area contributed by atoms with Gasteiger partial charge in [0, 0.05) is 31.7 Å². The summed E-state index contributed by atoms with van der Waals surface area (Å²) in [7, 11) is 0. The summed E-state index contributed by atoms with van der Waals surface area (Å²) in [4.78, 5) is 21.3. The smallest absolute Gasteiger partial charge is 0.347 e. The Labute approximate surface area is 188 Å². The van der Waals surface area contributed by atoms with E-state index in [1.54, 1.807) is 22.9 Å². The second-order valence-electron chi connectivity index (χ2n) is 9.47. The number of alkyl halides is 5. The number of fused-ring (bicyclic) bond motifs is 1. The van der Waals surface area contributed by atoms with Gasteiger partial charge in [-0.15, -0.1) is 0 Å². The van der Waals surface area contributed by atoms with E-state index in [0.29, 0.717) is 30.0 Å². The molecule has 1 amide bonds. The predicted octanol–water partition coefficient (Wildman–Crippen LogP) is 4.71. The highest BCUT2D eigenvalue weighted by Crippen LogP contribution is 2.42. The van der Waals surface area contributed by atoms with Gasteiger partial charge in [-0.05, 0) is 43.6 Å². The van der Waals surface area contributed by atoms with Gasteiger partial charge in [-0.3, -0.25) is 9.20 Å². The maximum atomic E-state index is 13.5. The monoisotopic (exact) mass is 473 g/mol. The van der Waals surface area contributed by atoms with Crippen LogP contribution in [0.5, 0.6) is 0 Å². The lowest BCUT2D eigenvalue weighted by Gasteiger charge is -2.31. The van der Waals surface area contributed by atoms with Crippen LogP contribution in [0.3, 0.4) is 0 Å². The van der Waals surface area contributed by atoms with Crippen LogP contribution in [-0.2, 0) is 4.79 Å². The van der Waals surface area contributed by atoms with Crippen LogP contribution < -0.4 is 11.1 Å². The molecular weight excluding hydrogens is 445 g/mol. The number of hydrogen-bond acceptors (Lipinski definition) is 4. The second kappa shape index (κ2) is 8.81. The molecule has 11 heteroatoms. The van der Waals surface area contributed by atoms with Crippen molar-refractivity contribution in [3.05, 3.63) is 29.8 Å². The summed E-state index contributed by atoms with van der Waals surface area (Å²) in [6, 6.07) is 0.730. The fourth-order valence-electron chi connectivity index (χ4n) is 4.39. The molecule has 2 heterocycles. The van der Waals surface area contributed by atoms with Gasteiger partial charge in [0.1, 0.15) is 0 Å². The number of halogens is 5. The van der Waals surface area contributed by atoms with E-state index >= 15 is 0 Å². The third kappa shape index (κ3) is 5.62. The first-order valence-corrected chi connectivity index (χ1v) is 11.3. The van der Waals surface area contributed by atoms with Crippen molar-refractivity contribution in [2.45, 2.75) is 76.1 Å². The predicted molar refractivity (Wildman–Crippen MR) is 110 cm³/mol. The fraction of sp³-hybridized carbons (Fsp3) is 0.682. The van der Waals surface area contributed by atoms with Crippen molar-refractivity contribution < 1.29 is 26.7 Å². The van der Waals surface area contributed by atoms with Crippen molar-refractivity contribution in [3.63, 3.8) is 0 Å². The molecule has 4 rings (SSSR count). The highest BCUT2D eigenvalue weighted by Gasteiger charge is 2.40. The molecule has 2 aromatic heterocycles. The largest absolute Gasteiger partial charge is 0.392 e. The molecule has 2 saturated carbocycles. The first-order valence-electron chi connectivity index (χ1n) is 11.3. The minimum absolute atomic E-state index is 0.0943. The van der Waals surface area contributed by atoms with Gasteiger partial charge in [0.25, 0.3) is 0 Å². The zero-order valence-electron chi connectivity index (χ0n) is 18.3. The van der Waals surface area contributed by atoms with Crippen LogP contribution in [0.25, 0.3) is 5.78 Å². The number of nitrogens with one attached hydrogen (secondary N) is 1. The van der Waals surface area contributed by atoms with Crippen molar-refractivity contribution in [2.75, 3.05) is 0 Å². The Morgan fingerprint density at radius 3 is 2.42 bits per heavy atom. The molecule has 0 aromatic carbocycles. The Morgan fingerprint density at radius 1 is 1.18 bits per heavy atom. The number of carbonyl (C=O) groups is 1. The lowest BCUT2D eigenvalue weighted by Crippen LogP contribution is -2.34. The zero-order valence-corrected chi connectivity index (χ0v) is 18.3. The number of nitrogens with zero attached hydrogens (tertiary/aromatic N) is 3. The molecular formula is C22H28F5N5O. The fourth-order valence-corrected chi connectivity index (χ4v) is 4.39. The van der Waals surface area contributed by atoms with Gasteiger partial charge in [0.15, 0.2) is 0 Å². The topological polar surface area (TPSA) is 85.3 Å². The second-order valence-corrected chi connectivity index (χ2v) is 9.47. The third-order valence-electron chi connectivity index (χ3n) is 6.76. The van der Waals surface area contributed by atoms with E-state index in [9.17, 15) is 26.7 Å². The Hall–Kier alpha value is -2.30. The summed E-state index contributed by atoms with van der Waals surface area (Å²) in [5.74, 6) is -4.66. The Bertz CT molecular complexity index is 993. The summed E-state index contributed by atoms with van der Waals surface area (Å²) >= 11 is 0. The number of carbonyl (C=O) groups excluding carboxylic acids is 1. The maximum absolute atomic E-state index is 13.5. The molecule has 3 N–H and O–H groups in total. The average molecular weight is 473 g/mol. The molecule has 2 unspecified atom stereocenters. The summed E-state index contributed by atoms with van der Waals surface area (Å²) < 4.78 is 67.0. The van der Waals surface area contributed by atoms with Gasteiger partial charge >= 0.3 is 6.18 Å². The molecule has 0 radical (unpaired) electrons. The van der Waals surface area contributed by atoms with Gasteiger partial charge in [0.2, 0.25) is 17.6 Å². The Balaban J connectivity index is 1.48. The molecule has 3 atom stereocenters. The number of imidazole rings is 1. The number of aromatic nitrogens is 3. The minimum Gasteiger partial charge on any atom is -0.347 e.